The molecular formula is C54H94NO7+. The van der Waals surface area contributed by atoms with Crippen molar-refractivity contribution in [2.24, 2.45) is 0 Å². The monoisotopic (exact) mass is 869 g/mol. The zero-order valence-electron chi connectivity index (χ0n) is 40.6. The molecule has 0 spiro atoms. The Morgan fingerprint density at radius 1 is 0.500 bits per heavy atom. The molecule has 8 heteroatoms. The third kappa shape index (κ3) is 42.1. The number of allylic oxidation sites excluding steroid dienone is 12. The van der Waals surface area contributed by atoms with Gasteiger partial charge in [-0.1, -0.05) is 170 Å². The molecule has 356 valence electrons. The molecular weight excluding hydrogens is 775 g/mol. The molecule has 0 aromatic carbocycles. The van der Waals surface area contributed by atoms with Gasteiger partial charge in [0.25, 0.3) is 0 Å². The van der Waals surface area contributed by atoms with Crippen LogP contribution in [0, 0.1) is 0 Å². The van der Waals surface area contributed by atoms with Crippen LogP contribution in [0.1, 0.15) is 200 Å². The Balaban J connectivity index is 4.32. The van der Waals surface area contributed by atoms with E-state index in [9.17, 15) is 19.5 Å². The summed E-state index contributed by atoms with van der Waals surface area (Å²) in [6.07, 6.45) is 56.6. The molecule has 0 aliphatic heterocycles. The van der Waals surface area contributed by atoms with E-state index in [2.05, 4.69) is 86.8 Å². The normalized spacial score (nSPS) is 13.5. The van der Waals surface area contributed by atoms with Crippen molar-refractivity contribution in [3.63, 3.8) is 0 Å². The number of hydrogen-bond donors (Lipinski definition) is 1. The molecule has 8 nitrogen and oxygen atoms in total. The van der Waals surface area contributed by atoms with Crippen LogP contribution in [0.2, 0.25) is 0 Å². The van der Waals surface area contributed by atoms with E-state index in [4.69, 9.17) is 14.2 Å². The number of likely N-dealkylation sites (N-methyl/N-ethyl adjacent to an activating group) is 1. The van der Waals surface area contributed by atoms with E-state index >= 15 is 0 Å². The number of carbonyl (C=O) groups is 3. The average Bonchev–Trinajstić information content (AvgIpc) is 3.23. The number of nitrogens with zero attached hydrogens (tertiary/aromatic N) is 1. The van der Waals surface area contributed by atoms with Gasteiger partial charge in [-0.2, -0.15) is 0 Å². The number of aliphatic carboxylic acids is 1. The van der Waals surface area contributed by atoms with Crippen LogP contribution in [0.25, 0.3) is 0 Å². The fourth-order valence-corrected chi connectivity index (χ4v) is 6.99. The molecule has 1 N–H and O–H groups in total. The lowest BCUT2D eigenvalue weighted by molar-refractivity contribution is -0.887. The molecule has 0 aliphatic rings. The van der Waals surface area contributed by atoms with Crippen molar-refractivity contribution in [2.75, 3.05) is 41.0 Å². The minimum atomic E-state index is -0.880. The maximum absolute atomic E-state index is 12.8. The SMILES string of the molecule is CC/C=C/C/C=C/C/C=C/C/C=C/C/C=C/CCCCCCCCC(=O)OC(COCCC(C(=O)O)[N+](C)(C)C)COC(=O)CCCCCCC/C=C/CCCCCCCCC. The highest BCUT2D eigenvalue weighted by Crippen LogP contribution is 2.14. The molecule has 0 rings (SSSR count). The first kappa shape index (κ1) is 58.8. The van der Waals surface area contributed by atoms with Crippen LogP contribution in [0.4, 0.5) is 0 Å². The van der Waals surface area contributed by atoms with Gasteiger partial charge >= 0.3 is 17.9 Å². The molecule has 0 aliphatic carbocycles. The Labute approximate surface area is 381 Å². The highest BCUT2D eigenvalue weighted by Gasteiger charge is 2.31. The summed E-state index contributed by atoms with van der Waals surface area (Å²) in [7, 11) is 5.52. The number of quaternary nitrogens is 1. The Bertz CT molecular complexity index is 1240. The molecule has 0 amide bonds. The van der Waals surface area contributed by atoms with E-state index in [-0.39, 0.29) is 36.2 Å². The zero-order valence-corrected chi connectivity index (χ0v) is 40.6. The lowest BCUT2D eigenvalue weighted by Gasteiger charge is -2.31. The third-order valence-corrected chi connectivity index (χ3v) is 10.8. The predicted octanol–water partition coefficient (Wildman–Crippen LogP) is 14.3. The third-order valence-electron chi connectivity index (χ3n) is 10.8. The lowest BCUT2D eigenvalue weighted by Crippen LogP contribution is -2.50. The van der Waals surface area contributed by atoms with Gasteiger partial charge in [0.2, 0.25) is 0 Å². The second kappa shape index (κ2) is 44.4. The Morgan fingerprint density at radius 2 is 0.903 bits per heavy atom. The molecule has 0 saturated carbocycles. The second-order valence-electron chi connectivity index (χ2n) is 17.7. The molecule has 0 heterocycles. The topological polar surface area (TPSA) is 99.1 Å². The summed E-state index contributed by atoms with van der Waals surface area (Å²) in [5.74, 6) is -1.50. The number of carboxylic acid groups (broad SMARTS) is 1. The maximum atomic E-state index is 12.8. The van der Waals surface area contributed by atoms with Crippen LogP contribution < -0.4 is 0 Å². The maximum Gasteiger partial charge on any atom is 0.362 e. The smallest absolute Gasteiger partial charge is 0.362 e. The molecule has 0 radical (unpaired) electrons. The summed E-state index contributed by atoms with van der Waals surface area (Å²) in [5.41, 5.74) is 0. The molecule has 0 bridgehead atoms. The summed E-state index contributed by atoms with van der Waals surface area (Å²) in [5, 5.41) is 9.65. The fourth-order valence-electron chi connectivity index (χ4n) is 6.99. The van der Waals surface area contributed by atoms with Gasteiger partial charge in [0.15, 0.2) is 12.1 Å². The van der Waals surface area contributed by atoms with Gasteiger partial charge in [-0.05, 0) is 83.5 Å². The summed E-state index contributed by atoms with van der Waals surface area (Å²) in [6.45, 7) is 4.60. The van der Waals surface area contributed by atoms with Gasteiger partial charge < -0.3 is 23.8 Å². The Hall–Kier alpha value is -3.23. The first-order valence-electron chi connectivity index (χ1n) is 25.0. The van der Waals surface area contributed by atoms with Crippen molar-refractivity contribution in [3.8, 4) is 0 Å². The van der Waals surface area contributed by atoms with E-state index < -0.39 is 18.1 Å². The summed E-state index contributed by atoms with van der Waals surface area (Å²) in [4.78, 5) is 37.1. The first-order valence-corrected chi connectivity index (χ1v) is 25.0. The summed E-state index contributed by atoms with van der Waals surface area (Å²) >= 11 is 0. The van der Waals surface area contributed by atoms with Crippen molar-refractivity contribution in [1.82, 2.24) is 0 Å². The summed E-state index contributed by atoms with van der Waals surface area (Å²) in [6, 6.07) is -0.622. The van der Waals surface area contributed by atoms with Crippen LogP contribution >= 0.6 is 0 Å². The number of unbranched alkanes of at least 4 members (excludes halogenated alkanes) is 18. The molecule has 2 unspecified atom stereocenters. The number of rotatable bonds is 44. The number of esters is 2. The van der Waals surface area contributed by atoms with Gasteiger partial charge in [0, 0.05) is 19.3 Å². The molecule has 0 aromatic rings. The van der Waals surface area contributed by atoms with Crippen molar-refractivity contribution in [3.05, 3.63) is 72.9 Å². The summed E-state index contributed by atoms with van der Waals surface area (Å²) < 4.78 is 17.3. The van der Waals surface area contributed by atoms with Crippen molar-refractivity contribution in [2.45, 2.75) is 212 Å². The van der Waals surface area contributed by atoms with Crippen LogP contribution in [-0.2, 0) is 28.6 Å². The number of ether oxygens (including phenoxy) is 3. The molecule has 0 aromatic heterocycles. The number of carbonyl (C=O) groups excluding carboxylic acids is 2. The van der Waals surface area contributed by atoms with Crippen LogP contribution in [0.3, 0.4) is 0 Å². The van der Waals surface area contributed by atoms with Crippen molar-refractivity contribution < 1.29 is 38.2 Å². The Kier molecular flexibility index (Phi) is 42.1. The second-order valence-corrected chi connectivity index (χ2v) is 17.7. The Morgan fingerprint density at radius 3 is 1.35 bits per heavy atom. The predicted molar refractivity (Wildman–Crippen MR) is 261 cm³/mol. The number of carboxylic acids is 1. The van der Waals surface area contributed by atoms with Gasteiger partial charge in [0.1, 0.15) is 6.61 Å². The molecule has 2 atom stereocenters. The first-order chi connectivity index (χ1) is 30.1. The van der Waals surface area contributed by atoms with Gasteiger partial charge in [-0.15, -0.1) is 0 Å². The number of hydrogen-bond acceptors (Lipinski definition) is 6. The van der Waals surface area contributed by atoms with E-state index in [1.807, 2.05) is 21.1 Å². The fraction of sp³-hybridized carbons (Fsp3) is 0.722. The van der Waals surface area contributed by atoms with E-state index in [1.165, 1.54) is 70.6 Å². The average molecular weight is 869 g/mol. The quantitative estimate of drug-likeness (QED) is 0.0282. The van der Waals surface area contributed by atoms with E-state index in [0.717, 1.165) is 96.3 Å². The van der Waals surface area contributed by atoms with Crippen molar-refractivity contribution in [1.29, 1.82) is 0 Å². The highest BCUT2D eigenvalue weighted by molar-refractivity contribution is 5.72. The van der Waals surface area contributed by atoms with Gasteiger partial charge in [-0.3, -0.25) is 9.59 Å². The zero-order chi connectivity index (χ0) is 45.6. The largest absolute Gasteiger partial charge is 0.477 e. The minimum Gasteiger partial charge on any atom is -0.477 e. The van der Waals surface area contributed by atoms with Crippen LogP contribution in [-0.4, -0.2) is 80.6 Å². The van der Waals surface area contributed by atoms with E-state index in [1.54, 1.807) is 0 Å². The van der Waals surface area contributed by atoms with Gasteiger partial charge in [-0.25, -0.2) is 4.79 Å². The van der Waals surface area contributed by atoms with E-state index in [0.29, 0.717) is 19.3 Å². The lowest BCUT2D eigenvalue weighted by atomic mass is 10.1. The highest BCUT2D eigenvalue weighted by atomic mass is 16.6. The molecule has 0 saturated heterocycles. The van der Waals surface area contributed by atoms with Crippen LogP contribution in [0.15, 0.2) is 72.9 Å². The standard InChI is InChI=1S/C54H93NO7/c1-6-8-10-12-14-16-18-20-22-24-25-26-27-28-29-31-33-35-37-39-41-43-45-53(57)62-50(48-60-47-46-51(54(58)59)55(3,4)5)49-61-52(56)44-42-40-38-36-34-32-30-23-21-19-17-15-13-11-9-7-2/h8,10,14,16,20,22-23,25-26,28-30,50-51H,6-7,9,11-13,15,17-19,21,24,27,31-49H2,1-5H3/p+1/b10-8+,16-14+,22-20+,26-25+,29-28+,30-23+. The molecule has 0 fully saturated rings. The van der Waals surface area contributed by atoms with Crippen LogP contribution in [0.5, 0.6) is 0 Å². The minimum absolute atomic E-state index is 0.0495. The van der Waals surface area contributed by atoms with Crippen molar-refractivity contribution >= 4 is 17.9 Å². The van der Waals surface area contributed by atoms with Gasteiger partial charge in [0.05, 0.1) is 34.4 Å². The molecule has 62 heavy (non-hydrogen) atoms.